The molecule has 2 amide bonds. The molecule has 0 bridgehead atoms. The molecule has 0 saturated carbocycles. The predicted octanol–water partition coefficient (Wildman–Crippen LogP) is 2.34. The summed E-state index contributed by atoms with van der Waals surface area (Å²) >= 11 is 0. The van der Waals surface area contributed by atoms with Gasteiger partial charge in [-0.2, -0.15) is 5.10 Å². The number of fused-ring (bicyclic) bond motifs is 1. The summed E-state index contributed by atoms with van der Waals surface area (Å²) in [6, 6.07) is 9.33. The SMILES string of the molecule is CCn1nc(C(=O)N2CCCC2)c2c1CCN(C(=O)c1ccccc1)C2. The molecule has 1 aromatic carbocycles. The van der Waals surface area contributed by atoms with Gasteiger partial charge in [0.1, 0.15) is 0 Å². The lowest BCUT2D eigenvalue weighted by atomic mass is 10.0. The Kier molecular flexibility index (Phi) is 4.49. The lowest BCUT2D eigenvalue weighted by Crippen LogP contribution is -2.37. The third kappa shape index (κ3) is 2.89. The molecule has 2 aliphatic heterocycles. The molecule has 0 spiro atoms. The predicted molar refractivity (Wildman–Crippen MR) is 97.9 cm³/mol. The van der Waals surface area contributed by atoms with Crippen LogP contribution in [0.5, 0.6) is 0 Å². The minimum absolute atomic E-state index is 0.0139. The number of hydrogen-bond acceptors (Lipinski definition) is 3. The molecule has 0 unspecified atom stereocenters. The van der Waals surface area contributed by atoms with Crippen molar-refractivity contribution in [3.63, 3.8) is 0 Å². The first-order valence-corrected chi connectivity index (χ1v) is 9.41. The molecular formula is C20H24N4O2. The smallest absolute Gasteiger partial charge is 0.274 e. The van der Waals surface area contributed by atoms with Crippen molar-refractivity contribution >= 4 is 11.8 Å². The summed E-state index contributed by atoms with van der Waals surface area (Å²) in [4.78, 5) is 29.5. The van der Waals surface area contributed by atoms with E-state index in [2.05, 4.69) is 5.10 Å². The van der Waals surface area contributed by atoms with Crippen molar-refractivity contribution in [2.75, 3.05) is 19.6 Å². The van der Waals surface area contributed by atoms with E-state index in [0.717, 1.165) is 50.2 Å². The second kappa shape index (κ2) is 6.94. The van der Waals surface area contributed by atoms with Crippen molar-refractivity contribution in [3.05, 3.63) is 52.8 Å². The van der Waals surface area contributed by atoms with Crippen LogP contribution in [0.2, 0.25) is 0 Å². The van der Waals surface area contributed by atoms with Crippen molar-refractivity contribution in [3.8, 4) is 0 Å². The molecule has 0 atom stereocenters. The fourth-order valence-electron chi connectivity index (χ4n) is 3.93. The van der Waals surface area contributed by atoms with E-state index in [1.807, 2.05) is 51.7 Å². The number of rotatable bonds is 3. The maximum absolute atomic E-state index is 12.9. The van der Waals surface area contributed by atoms with Gasteiger partial charge in [-0.1, -0.05) is 18.2 Å². The molecule has 1 aromatic heterocycles. The fourth-order valence-corrected chi connectivity index (χ4v) is 3.93. The van der Waals surface area contributed by atoms with E-state index in [4.69, 9.17) is 0 Å². The highest BCUT2D eigenvalue weighted by Crippen LogP contribution is 2.26. The molecule has 0 N–H and O–H groups in total. The Morgan fingerprint density at radius 1 is 1.00 bits per heavy atom. The van der Waals surface area contributed by atoms with E-state index in [9.17, 15) is 9.59 Å². The highest BCUT2D eigenvalue weighted by Gasteiger charge is 2.32. The number of benzene rings is 1. The van der Waals surface area contributed by atoms with E-state index >= 15 is 0 Å². The molecule has 0 aliphatic carbocycles. The van der Waals surface area contributed by atoms with Crippen LogP contribution in [0.15, 0.2) is 30.3 Å². The largest absolute Gasteiger partial charge is 0.337 e. The van der Waals surface area contributed by atoms with E-state index in [-0.39, 0.29) is 11.8 Å². The van der Waals surface area contributed by atoms with Gasteiger partial charge in [-0.05, 0) is 31.9 Å². The molecular weight excluding hydrogens is 328 g/mol. The number of hydrogen-bond donors (Lipinski definition) is 0. The summed E-state index contributed by atoms with van der Waals surface area (Å²) in [5.74, 6) is 0.0278. The summed E-state index contributed by atoms with van der Waals surface area (Å²) < 4.78 is 1.93. The van der Waals surface area contributed by atoms with Crippen LogP contribution in [0.1, 0.15) is 51.9 Å². The van der Waals surface area contributed by atoms with Crippen molar-refractivity contribution in [1.82, 2.24) is 19.6 Å². The van der Waals surface area contributed by atoms with Crippen LogP contribution in [0, 0.1) is 0 Å². The van der Waals surface area contributed by atoms with Crippen LogP contribution in [-0.2, 0) is 19.5 Å². The van der Waals surface area contributed by atoms with Gasteiger partial charge in [0.15, 0.2) is 5.69 Å². The molecule has 2 aromatic rings. The molecule has 136 valence electrons. The Morgan fingerprint density at radius 2 is 1.73 bits per heavy atom. The first kappa shape index (κ1) is 16.8. The normalized spacial score (nSPS) is 16.7. The first-order valence-electron chi connectivity index (χ1n) is 9.41. The maximum Gasteiger partial charge on any atom is 0.274 e. The molecule has 6 heteroatoms. The Morgan fingerprint density at radius 3 is 2.42 bits per heavy atom. The van der Waals surface area contributed by atoms with Gasteiger partial charge >= 0.3 is 0 Å². The number of likely N-dealkylation sites (tertiary alicyclic amines) is 1. The zero-order valence-corrected chi connectivity index (χ0v) is 15.1. The summed E-state index contributed by atoms with van der Waals surface area (Å²) in [6.45, 7) is 5.50. The minimum atomic E-state index is 0.0139. The molecule has 4 rings (SSSR count). The van der Waals surface area contributed by atoms with Crippen molar-refractivity contribution < 1.29 is 9.59 Å². The number of carbonyl (C=O) groups excluding carboxylic acids is 2. The molecule has 6 nitrogen and oxygen atoms in total. The third-order valence-corrected chi connectivity index (χ3v) is 5.34. The van der Waals surface area contributed by atoms with E-state index in [1.165, 1.54) is 0 Å². The zero-order chi connectivity index (χ0) is 18.1. The van der Waals surface area contributed by atoms with Gasteiger partial charge in [-0.3, -0.25) is 14.3 Å². The molecule has 2 aliphatic rings. The Balaban J connectivity index is 1.64. The number of nitrogens with zero attached hydrogens (tertiary/aromatic N) is 4. The van der Waals surface area contributed by atoms with Gasteiger partial charge in [0.25, 0.3) is 11.8 Å². The standard InChI is InChI=1S/C20H24N4O2/c1-2-24-17-10-13-23(19(25)15-8-4-3-5-9-15)14-16(17)18(21-24)20(26)22-11-6-7-12-22/h3-5,8-9H,2,6-7,10-14H2,1H3. The molecule has 1 fully saturated rings. The van der Waals surface area contributed by atoms with Crippen molar-refractivity contribution in [2.45, 2.75) is 39.3 Å². The van der Waals surface area contributed by atoms with Crippen LogP contribution < -0.4 is 0 Å². The van der Waals surface area contributed by atoms with Crippen LogP contribution >= 0.6 is 0 Å². The lowest BCUT2D eigenvalue weighted by Gasteiger charge is -2.28. The highest BCUT2D eigenvalue weighted by atomic mass is 16.2. The van der Waals surface area contributed by atoms with Gasteiger partial charge in [-0.25, -0.2) is 0 Å². The number of aromatic nitrogens is 2. The average molecular weight is 352 g/mol. The average Bonchev–Trinajstić information content (AvgIpc) is 3.35. The van der Waals surface area contributed by atoms with Gasteiger partial charge in [-0.15, -0.1) is 0 Å². The Labute approximate surface area is 153 Å². The van der Waals surface area contributed by atoms with Crippen LogP contribution in [0.3, 0.4) is 0 Å². The summed E-state index contributed by atoms with van der Waals surface area (Å²) in [6.07, 6.45) is 2.85. The third-order valence-electron chi connectivity index (χ3n) is 5.34. The van der Waals surface area contributed by atoms with E-state index in [0.29, 0.717) is 24.3 Å². The molecule has 1 saturated heterocycles. The molecule has 0 radical (unpaired) electrons. The molecule has 26 heavy (non-hydrogen) atoms. The summed E-state index contributed by atoms with van der Waals surface area (Å²) in [5, 5.41) is 4.61. The van der Waals surface area contributed by atoms with E-state index < -0.39 is 0 Å². The van der Waals surface area contributed by atoms with Crippen molar-refractivity contribution in [2.24, 2.45) is 0 Å². The van der Waals surface area contributed by atoms with Crippen LogP contribution in [-0.4, -0.2) is 51.0 Å². The second-order valence-electron chi connectivity index (χ2n) is 6.93. The first-order chi connectivity index (χ1) is 12.7. The monoisotopic (exact) mass is 352 g/mol. The Hall–Kier alpha value is -2.63. The number of amides is 2. The molecule has 3 heterocycles. The topological polar surface area (TPSA) is 58.4 Å². The van der Waals surface area contributed by atoms with Crippen molar-refractivity contribution in [1.29, 1.82) is 0 Å². The van der Waals surface area contributed by atoms with E-state index in [1.54, 1.807) is 0 Å². The summed E-state index contributed by atoms with van der Waals surface area (Å²) in [7, 11) is 0. The zero-order valence-electron chi connectivity index (χ0n) is 15.1. The maximum atomic E-state index is 12.9. The van der Waals surface area contributed by atoms with Gasteiger partial charge < -0.3 is 9.80 Å². The van der Waals surface area contributed by atoms with Crippen LogP contribution in [0.25, 0.3) is 0 Å². The second-order valence-corrected chi connectivity index (χ2v) is 6.93. The van der Waals surface area contributed by atoms with Gasteiger partial charge in [0.05, 0.1) is 6.54 Å². The minimum Gasteiger partial charge on any atom is -0.337 e. The van der Waals surface area contributed by atoms with Gasteiger partial charge in [0.2, 0.25) is 0 Å². The number of aryl methyl sites for hydroxylation is 1. The van der Waals surface area contributed by atoms with Gasteiger partial charge in [0, 0.05) is 49.4 Å². The Bertz CT molecular complexity index is 822. The quantitative estimate of drug-likeness (QED) is 0.852. The highest BCUT2D eigenvalue weighted by molar-refractivity contribution is 5.96. The number of carbonyl (C=O) groups is 2. The lowest BCUT2D eigenvalue weighted by molar-refractivity contribution is 0.0722. The fraction of sp³-hybridized carbons (Fsp3) is 0.450. The van der Waals surface area contributed by atoms with Crippen LogP contribution in [0.4, 0.5) is 0 Å². The summed E-state index contributed by atoms with van der Waals surface area (Å²) in [5.41, 5.74) is 3.26.